The van der Waals surface area contributed by atoms with Gasteiger partial charge in [-0.2, -0.15) is 0 Å². The summed E-state index contributed by atoms with van der Waals surface area (Å²) in [4.78, 5) is 52.4. The van der Waals surface area contributed by atoms with Gasteiger partial charge in [0.1, 0.15) is 6.04 Å². The number of amides is 3. The second kappa shape index (κ2) is 10.4. The molecule has 2 aromatic carbocycles. The molecule has 37 heavy (non-hydrogen) atoms. The SMILES string of the molecule is CC(=O)c1ccc(NC(=O)[C@H](Cc2ccccc2)NC(=O)N2C[C@H]3C[C@@H](C2)c2cccc(=O)n2C3)cc1. The van der Waals surface area contributed by atoms with Gasteiger partial charge in [0, 0.05) is 55.0 Å². The van der Waals surface area contributed by atoms with E-state index in [4.69, 9.17) is 0 Å². The number of fused-ring (bicyclic) bond motifs is 4. The molecule has 2 bridgehead atoms. The molecule has 0 radical (unpaired) electrons. The lowest BCUT2D eigenvalue weighted by Crippen LogP contribution is -2.55. The number of carbonyl (C=O) groups excluding carboxylic acids is 3. The molecule has 1 aromatic heterocycles. The second-order valence-electron chi connectivity index (χ2n) is 9.92. The lowest BCUT2D eigenvalue weighted by Gasteiger charge is -2.43. The van der Waals surface area contributed by atoms with Gasteiger partial charge in [-0.15, -0.1) is 0 Å². The first kappa shape index (κ1) is 24.5. The molecule has 0 unspecified atom stereocenters. The standard InChI is InChI=1S/C29H30N4O4/c1-19(34)22-10-12-24(13-11-22)30-28(36)25(15-20-6-3-2-4-7-20)31-29(37)32-16-21-14-23(18-32)26-8-5-9-27(35)33(26)17-21/h2-13,21,23,25H,14-18H2,1H3,(H,30,36)(H,31,37)/t21-,23+,25+/m1/s1. The van der Waals surface area contributed by atoms with Gasteiger partial charge in [0.2, 0.25) is 5.91 Å². The zero-order valence-corrected chi connectivity index (χ0v) is 20.7. The number of Topliss-reactive ketones (excluding diaryl/α,β-unsaturated/α-hetero) is 1. The fraction of sp³-hybridized carbons (Fsp3) is 0.310. The highest BCUT2D eigenvalue weighted by atomic mass is 16.2. The average Bonchev–Trinajstić information content (AvgIpc) is 2.89. The number of rotatable bonds is 6. The Kier molecular flexibility index (Phi) is 6.90. The molecule has 0 saturated carbocycles. The Labute approximate surface area is 215 Å². The fourth-order valence-corrected chi connectivity index (χ4v) is 5.38. The summed E-state index contributed by atoms with van der Waals surface area (Å²) in [6, 6.07) is 20.5. The van der Waals surface area contributed by atoms with Crippen molar-refractivity contribution in [2.45, 2.75) is 38.3 Å². The summed E-state index contributed by atoms with van der Waals surface area (Å²) < 4.78 is 1.83. The molecule has 2 aliphatic rings. The minimum Gasteiger partial charge on any atom is -0.326 e. The highest BCUT2D eigenvalue weighted by molar-refractivity contribution is 5.98. The highest BCUT2D eigenvalue weighted by Crippen LogP contribution is 2.34. The number of piperidine rings is 1. The number of benzene rings is 2. The average molecular weight is 499 g/mol. The molecule has 8 nitrogen and oxygen atoms in total. The molecular formula is C29H30N4O4. The summed E-state index contributed by atoms with van der Waals surface area (Å²) in [5.41, 5.74) is 3.01. The summed E-state index contributed by atoms with van der Waals surface area (Å²) in [5, 5.41) is 5.84. The van der Waals surface area contributed by atoms with Crippen LogP contribution in [0.15, 0.2) is 77.6 Å². The second-order valence-corrected chi connectivity index (χ2v) is 9.92. The number of hydrogen-bond donors (Lipinski definition) is 2. The zero-order valence-electron chi connectivity index (χ0n) is 20.7. The van der Waals surface area contributed by atoms with Gasteiger partial charge in [-0.25, -0.2) is 4.79 Å². The van der Waals surface area contributed by atoms with E-state index in [1.807, 2.05) is 41.0 Å². The minimum atomic E-state index is -0.793. The fourth-order valence-electron chi connectivity index (χ4n) is 5.38. The van der Waals surface area contributed by atoms with Crippen molar-refractivity contribution in [2.75, 3.05) is 18.4 Å². The van der Waals surface area contributed by atoms with Crippen LogP contribution in [0.1, 0.15) is 40.9 Å². The molecule has 3 amide bonds. The molecule has 190 valence electrons. The van der Waals surface area contributed by atoms with Crippen molar-refractivity contribution >= 4 is 23.4 Å². The minimum absolute atomic E-state index is 0.000957. The lowest BCUT2D eigenvalue weighted by molar-refractivity contribution is -0.118. The summed E-state index contributed by atoms with van der Waals surface area (Å²) in [7, 11) is 0. The van der Waals surface area contributed by atoms with Crippen LogP contribution in [0.3, 0.4) is 0 Å². The third kappa shape index (κ3) is 5.48. The molecule has 0 aliphatic carbocycles. The van der Waals surface area contributed by atoms with Gasteiger partial charge in [-0.3, -0.25) is 14.4 Å². The lowest BCUT2D eigenvalue weighted by atomic mass is 9.83. The van der Waals surface area contributed by atoms with E-state index in [2.05, 4.69) is 10.6 Å². The third-order valence-electron chi connectivity index (χ3n) is 7.22. The van der Waals surface area contributed by atoms with E-state index in [9.17, 15) is 19.2 Å². The van der Waals surface area contributed by atoms with Gasteiger partial charge in [-0.05, 0) is 55.2 Å². The number of aromatic nitrogens is 1. The number of pyridine rings is 1. The molecule has 1 saturated heterocycles. The van der Waals surface area contributed by atoms with Crippen LogP contribution < -0.4 is 16.2 Å². The first-order chi connectivity index (χ1) is 17.9. The number of hydrogen-bond acceptors (Lipinski definition) is 4. The van der Waals surface area contributed by atoms with E-state index in [1.54, 1.807) is 41.3 Å². The van der Waals surface area contributed by atoms with Crippen LogP contribution in [-0.2, 0) is 17.8 Å². The van der Waals surface area contributed by atoms with Crippen molar-refractivity contribution in [3.63, 3.8) is 0 Å². The van der Waals surface area contributed by atoms with E-state index in [1.165, 1.54) is 6.92 Å². The molecule has 3 aromatic rings. The van der Waals surface area contributed by atoms with Crippen LogP contribution in [-0.4, -0.2) is 46.3 Å². The quantitative estimate of drug-likeness (QED) is 0.509. The van der Waals surface area contributed by atoms with Crippen LogP contribution in [0, 0.1) is 5.92 Å². The maximum Gasteiger partial charge on any atom is 0.318 e. The van der Waals surface area contributed by atoms with Crippen molar-refractivity contribution in [1.82, 2.24) is 14.8 Å². The zero-order chi connectivity index (χ0) is 25.9. The first-order valence-electron chi connectivity index (χ1n) is 12.6. The van der Waals surface area contributed by atoms with Crippen molar-refractivity contribution in [3.05, 3.63) is 100.0 Å². The molecule has 2 N–H and O–H groups in total. The van der Waals surface area contributed by atoms with Gasteiger partial charge >= 0.3 is 6.03 Å². The van der Waals surface area contributed by atoms with Crippen LogP contribution in [0.4, 0.5) is 10.5 Å². The summed E-state index contributed by atoms with van der Waals surface area (Å²) in [5.74, 6) is -0.0978. The maximum atomic E-state index is 13.4. The molecule has 3 atom stereocenters. The van der Waals surface area contributed by atoms with Gasteiger partial charge in [0.15, 0.2) is 5.78 Å². The Morgan fingerprint density at radius 1 is 0.919 bits per heavy atom. The molecule has 0 spiro atoms. The summed E-state index contributed by atoms with van der Waals surface area (Å²) in [6.07, 6.45) is 1.28. The highest BCUT2D eigenvalue weighted by Gasteiger charge is 2.37. The van der Waals surface area contributed by atoms with E-state index in [0.29, 0.717) is 37.3 Å². The molecule has 5 rings (SSSR count). The number of nitrogens with zero attached hydrogens (tertiary/aromatic N) is 2. The molecular weight excluding hydrogens is 468 g/mol. The van der Waals surface area contributed by atoms with Crippen molar-refractivity contribution in [1.29, 1.82) is 0 Å². The predicted molar refractivity (Wildman–Crippen MR) is 141 cm³/mol. The number of anilines is 1. The Morgan fingerprint density at radius 3 is 2.41 bits per heavy atom. The molecule has 3 heterocycles. The predicted octanol–water partition coefficient (Wildman–Crippen LogP) is 3.43. The van der Waals surface area contributed by atoms with Gasteiger partial charge in [0.05, 0.1) is 0 Å². The Morgan fingerprint density at radius 2 is 1.68 bits per heavy atom. The normalized spacial score (nSPS) is 18.9. The van der Waals surface area contributed by atoms with Crippen molar-refractivity contribution < 1.29 is 14.4 Å². The number of carbonyl (C=O) groups is 3. The molecule has 8 heteroatoms. The van der Waals surface area contributed by atoms with Crippen LogP contribution in [0.5, 0.6) is 0 Å². The van der Waals surface area contributed by atoms with Gasteiger partial charge in [-0.1, -0.05) is 36.4 Å². The van der Waals surface area contributed by atoms with Crippen molar-refractivity contribution in [3.8, 4) is 0 Å². The smallest absolute Gasteiger partial charge is 0.318 e. The Hall–Kier alpha value is -4.20. The van der Waals surface area contributed by atoms with Crippen LogP contribution in [0.25, 0.3) is 0 Å². The van der Waals surface area contributed by atoms with E-state index in [-0.39, 0.29) is 35.1 Å². The van der Waals surface area contributed by atoms with Crippen LogP contribution in [0.2, 0.25) is 0 Å². The maximum absolute atomic E-state index is 13.4. The van der Waals surface area contributed by atoms with Gasteiger partial charge < -0.3 is 20.1 Å². The molecule has 2 aliphatic heterocycles. The Bertz CT molecular complexity index is 1370. The number of nitrogens with one attached hydrogen (secondary N) is 2. The monoisotopic (exact) mass is 498 g/mol. The summed E-state index contributed by atoms with van der Waals surface area (Å²) in [6.45, 7) is 3.12. The summed E-state index contributed by atoms with van der Waals surface area (Å²) >= 11 is 0. The third-order valence-corrected chi connectivity index (χ3v) is 7.22. The molecule has 1 fully saturated rings. The first-order valence-corrected chi connectivity index (χ1v) is 12.6. The topological polar surface area (TPSA) is 101 Å². The van der Waals surface area contributed by atoms with Gasteiger partial charge in [0.25, 0.3) is 5.56 Å². The van der Waals surface area contributed by atoms with E-state index >= 15 is 0 Å². The van der Waals surface area contributed by atoms with Crippen LogP contribution >= 0.6 is 0 Å². The number of ketones is 1. The number of urea groups is 1. The van der Waals surface area contributed by atoms with E-state index < -0.39 is 6.04 Å². The largest absolute Gasteiger partial charge is 0.326 e. The van der Waals surface area contributed by atoms with Crippen molar-refractivity contribution in [2.24, 2.45) is 5.92 Å². The van der Waals surface area contributed by atoms with E-state index in [0.717, 1.165) is 17.7 Å². The Balaban J connectivity index is 1.31. The number of likely N-dealkylation sites (tertiary alicyclic amines) is 1.